The Labute approximate surface area is 144 Å². The smallest absolute Gasteiger partial charge is 0.355 e. The van der Waals surface area contributed by atoms with Crippen molar-refractivity contribution in [3.63, 3.8) is 0 Å². The average molecular weight is 352 g/mol. The largest absolute Gasteiger partial charge is 0.451 e. The number of pyridine rings is 1. The number of aryl methyl sites for hydroxylation is 1. The predicted octanol–water partition coefficient (Wildman–Crippen LogP) is 2.53. The van der Waals surface area contributed by atoms with E-state index in [0.717, 1.165) is 0 Å². The number of halogens is 1. The summed E-state index contributed by atoms with van der Waals surface area (Å²) in [4.78, 5) is 30.7. The number of rotatable bonds is 5. The van der Waals surface area contributed by atoms with E-state index in [9.17, 15) is 14.7 Å². The van der Waals surface area contributed by atoms with Crippen LogP contribution in [0, 0.1) is 13.8 Å². The summed E-state index contributed by atoms with van der Waals surface area (Å²) >= 11 is 5.70. The van der Waals surface area contributed by atoms with E-state index in [-0.39, 0.29) is 5.69 Å². The molecule has 24 heavy (non-hydrogen) atoms. The van der Waals surface area contributed by atoms with E-state index in [0.29, 0.717) is 27.7 Å². The Morgan fingerprint density at radius 2 is 2.12 bits per heavy atom. The zero-order valence-corrected chi connectivity index (χ0v) is 14.3. The van der Waals surface area contributed by atoms with E-state index in [1.165, 1.54) is 12.3 Å². The number of carbonyl (C=O) groups excluding carboxylic acids is 2. The van der Waals surface area contributed by atoms with E-state index in [1.54, 1.807) is 26.8 Å². The molecule has 0 aromatic carbocycles. The highest BCUT2D eigenvalue weighted by atomic mass is 35.5. The van der Waals surface area contributed by atoms with E-state index in [2.05, 4.69) is 15.3 Å². The van der Waals surface area contributed by atoms with Gasteiger partial charge in [0, 0.05) is 17.5 Å². The van der Waals surface area contributed by atoms with Crippen molar-refractivity contribution in [2.45, 2.75) is 26.9 Å². The average Bonchev–Trinajstić information content (AvgIpc) is 2.82. The molecule has 2 aromatic heterocycles. The van der Waals surface area contributed by atoms with Crippen LogP contribution in [-0.4, -0.2) is 33.6 Å². The minimum absolute atomic E-state index is 0.223. The summed E-state index contributed by atoms with van der Waals surface area (Å²) in [6.07, 6.45) is 0.688. The molecule has 0 saturated carbocycles. The van der Waals surface area contributed by atoms with Crippen molar-refractivity contribution in [3.8, 4) is 0 Å². The van der Waals surface area contributed by atoms with Crippen LogP contribution in [0.15, 0.2) is 18.3 Å². The maximum absolute atomic E-state index is 12.1. The number of anilines is 1. The molecule has 2 rings (SSSR count). The van der Waals surface area contributed by atoms with Gasteiger partial charge in [-0.1, -0.05) is 11.6 Å². The molecule has 1 atom stereocenters. The standard InChI is InChI=1S/C16H18ClN3O4/c1-8-14(10(3)21)9(2)19-15(8)16(23)24-7-13(22)20-12-5-4-11(17)6-18-12/h4-6,10,19,21H,7H2,1-3H3,(H,18,20,22)/t10-/m0/s1. The maximum atomic E-state index is 12.1. The lowest BCUT2D eigenvalue weighted by atomic mass is 10.1. The van der Waals surface area contributed by atoms with Gasteiger partial charge < -0.3 is 20.1 Å². The van der Waals surface area contributed by atoms with Gasteiger partial charge in [0.2, 0.25) is 0 Å². The summed E-state index contributed by atoms with van der Waals surface area (Å²) in [6.45, 7) is 4.63. The number of ether oxygens (including phenoxy) is 1. The van der Waals surface area contributed by atoms with Crippen molar-refractivity contribution in [1.82, 2.24) is 9.97 Å². The minimum Gasteiger partial charge on any atom is -0.451 e. The van der Waals surface area contributed by atoms with Gasteiger partial charge in [-0.15, -0.1) is 0 Å². The zero-order valence-electron chi connectivity index (χ0n) is 13.5. The maximum Gasteiger partial charge on any atom is 0.355 e. The van der Waals surface area contributed by atoms with Crippen molar-refractivity contribution in [2.75, 3.05) is 11.9 Å². The number of esters is 1. The zero-order chi connectivity index (χ0) is 17.9. The molecule has 0 fully saturated rings. The van der Waals surface area contributed by atoms with Gasteiger partial charge in [0.15, 0.2) is 6.61 Å². The van der Waals surface area contributed by atoms with E-state index in [1.807, 2.05) is 0 Å². The third-order valence-corrected chi connectivity index (χ3v) is 3.67. The summed E-state index contributed by atoms with van der Waals surface area (Å²) in [5.74, 6) is -0.875. The lowest BCUT2D eigenvalue weighted by Crippen LogP contribution is -2.21. The molecule has 0 aliphatic heterocycles. The first-order valence-corrected chi connectivity index (χ1v) is 7.63. The molecule has 0 aliphatic carbocycles. The molecule has 0 radical (unpaired) electrons. The van der Waals surface area contributed by atoms with Gasteiger partial charge in [-0.25, -0.2) is 9.78 Å². The number of nitrogens with one attached hydrogen (secondary N) is 2. The van der Waals surface area contributed by atoms with E-state index in [4.69, 9.17) is 16.3 Å². The van der Waals surface area contributed by atoms with Crippen LogP contribution in [0.2, 0.25) is 5.02 Å². The van der Waals surface area contributed by atoms with Crippen LogP contribution >= 0.6 is 11.6 Å². The highest BCUT2D eigenvalue weighted by molar-refractivity contribution is 6.30. The Kier molecular flexibility index (Phi) is 5.58. The summed E-state index contributed by atoms with van der Waals surface area (Å²) in [5.41, 5.74) is 2.16. The highest BCUT2D eigenvalue weighted by Gasteiger charge is 2.21. The number of carbonyl (C=O) groups is 2. The van der Waals surface area contributed by atoms with Gasteiger partial charge in [0.05, 0.1) is 11.1 Å². The summed E-state index contributed by atoms with van der Waals surface area (Å²) in [6, 6.07) is 3.12. The first-order valence-electron chi connectivity index (χ1n) is 7.25. The fraction of sp³-hybridized carbons (Fsp3) is 0.312. The SMILES string of the molecule is Cc1[nH]c(C(=O)OCC(=O)Nc2ccc(Cl)cn2)c(C)c1[C@H](C)O. The van der Waals surface area contributed by atoms with Crippen molar-refractivity contribution in [2.24, 2.45) is 0 Å². The monoisotopic (exact) mass is 351 g/mol. The molecule has 7 nitrogen and oxygen atoms in total. The molecular formula is C16H18ClN3O4. The van der Waals surface area contributed by atoms with Crippen molar-refractivity contribution in [3.05, 3.63) is 45.9 Å². The van der Waals surface area contributed by atoms with Gasteiger partial charge in [-0.3, -0.25) is 4.79 Å². The molecule has 3 N–H and O–H groups in total. The van der Waals surface area contributed by atoms with Gasteiger partial charge >= 0.3 is 5.97 Å². The first kappa shape index (κ1) is 18.0. The van der Waals surface area contributed by atoms with Crippen molar-refractivity contribution < 1.29 is 19.4 Å². The minimum atomic E-state index is -0.706. The molecule has 128 valence electrons. The normalized spacial score (nSPS) is 11.9. The number of aromatic amines is 1. The topological polar surface area (TPSA) is 104 Å². The third kappa shape index (κ3) is 4.12. The Bertz CT molecular complexity index is 753. The van der Waals surface area contributed by atoms with Crippen molar-refractivity contribution in [1.29, 1.82) is 0 Å². The molecule has 2 heterocycles. The highest BCUT2D eigenvalue weighted by Crippen LogP contribution is 2.24. The Morgan fingerprint density at radius 3 is 2.67 bits per heavy atom. The van der Waals surface area contributed by atoms with Crippen LogP contribution in [0.5, 0.6) is 0 Å². The summed E-state index contributed by atoms with van der Waals surface area (Å²) in [7, 11) is 0. The number of hydrogen-bond donors (Lipinski definition) is 3. The van der Waals surface area contributed by atoms with Crippen LogP contribution in [0.1, 0.15) is 40.3 Å². The molecule has 0 spiro atoms. The Morgan fingerprint density at radius 1 is 1.42 bits per heavy atom. The van der Waals surface area contributed by atoms with Gasteiger partial charge in [-0.2, -0.15) is 0 Å². The summed E-state index contributed by atoms with van der Waals surface area (Å²) < 4.78 is 5.00. The van der Waals surface area contributed by atoms with Crippen LogP contribution in [0.3, 0.4) is 0 Å². The molecule has 0 aliphatic rings. The number of aliphatic hydroxyl groups is 1. The second-order valence-corrected chi connectivity index (χ2v) is 5.76. The van der Waals surface area contributed by atoms with Crippen LogP contribution < -0.4 is 5.32 Å². The molecule has 0 saturated heterocycles. The van der Waals surface area contributed by atoms with E-state index >= 15 is 0 Å². The lowest BCUT2D eigenvalue weighted by Gasteiger charge is -2.07. The molecule has 8 heteroatoms. The quantitative estimate of drug-likeness (QED) is 0.718. The molecule has 2 aromatic rings. The number of amides is 1. The third-order valence-electron chi connectivity index (χ3n) is 3.45. The molecular weight excluding hydrogens is 334 g/mol. The second kappa shape index (κ2) is 7.46. The van der Waals surface area contributed by atoms with Gasteiger partial charge in [0.25, 0.3) is 5.91 Å². The van der Waals surface area contributed by atoms with Crippen LogP contribution in [0.25, 0.3) is 0 Å². The number of aliphatic hydroxyl groups excluding tert-OH is 1. The van der Waals surface area contributed by atoms with Crippen molar-refractivity contribution >= 4 is 29.3 Å². The molecule has 0 bridgehead atoms. The van der Waals surface area contributed by atoms with Crippen LogP contribution in [-0.2, 0) is 9.53 Å². The number of aromatic nitrogens is 2. The fourth-order valence-electron chi connectivity index (χ4n) is 2.43. The number of hydrogen-bond acceptors (Lipinski definition) is 5. The molecule has 1 amide bonds. The number of H-pyrrole nitrogens is 1. The van der Waals surface area contributed by atoms with Crippen LogP contribution in [0.4, 0.5) is 5.82 Å². The second-order valence-electron chi connectivity index (χ2n) is 5.33. The predicted molar refractivity (Wildman–Crippen MR) is 89.1 cm³/mol. The van der Waals surface area contributed by atoms with Gasteiger partial charge in [0.1, 0.15) is 11.5 Å². The lowest BCUT2D eigenvalue weighted by molar-refractivity contribution is -0.119. The van der Waals surface area contributed by atoms with Gasteiger partial charge in [-0.05, 0) is 38.5 Å². The molecule has 0 unspecified atom stereocenters. The summed E-state index contributed by atoms with van der Waals surface area (Å²) in [5, 5.41) is 12.7. The Hall–Kier alpha value is -2.38. The first-order chi connectivity index (χ1) is 11.3. The number of nitrogens with zero attached hydrogens (tertiary/aromatic N) is 1. The van der Waals surface area contributed by atoms with E-state index < -0.39 is 24.6 Å². The fourth-order valence-corrected chi connectivity index (χ4v) is 2.54. The Balaban J connectivity index is 1.97.